The minimum absolute atomic E-state index is 0.0888. The zero-order chi connectivity index (χ0) is 22.1. The number of carbonyl (C=O) groups is 2. The van der Waals surface area contributed by atoms with Gasteiger partial charge in [-0.15, -0.1) is 0 Å². The molecule has 0 aliphatic carbocycles. The Hall–Kier alpha value is -2.66. The lowest BCUT2D eigenvalue weighted by Crippen LogP contribution is -2.52. The van der Waals surface area contributed by atoms with Crippen LogP contribution in [0.5, 0.6) is 0 Å². The fourth-order valence-corrected chi connectivity index (χ4v) is 4.60. The van der Waals surface area contributed by atoms with Crippen molar-refractivity contribution in [3.05, 3.63) is 42.5 Å². The SMILES string of the molecule is CC(=O)C(OC(=O)N1CCN(S(=O)(=O)c2ccc3ccccc3c2)CC1)C(F)(F)F. The van der Waals surface area contributed by atoms with Gasteiger partial charge in [0, 0.05) is 26.2 Å². The summed E-state index contributed by atoms with van der Waals surface area (Å²) in [6.45, 7) is 0.143. The van der Waals surface area contributed by atoms with Gasteiger partial charge in [-0.3, -0.25) is 4.79 Å². The van der Waals surface area contributed by atoms with Crippen LogP contribution in [0.2, 0.25) is 0 Å². The van der Waals surface area contributed by atoms with Gasteiger partial charge in [-0.05, 0) is 29.8 Å². The van der Waals surface area contributed by atoms with Crippen LogP contribution in [0.25, 0.3) is 10.8 Å². The monoisotopic (exact) mass is 444 g/mol. The number of rotatable bonds is 4. The number of fused-ring (bicyclic) bond motifs is 1. The highest BCUT2D eigenvalue weighted by Gasteiger charge is 2.47. The molecule has 1 unspecified atom stereocenters. The minimum Gasteiger partial charge on any atom is -0.428 e. The van der Waals surface area contributed by atoms with Crippen molar-refractivity contribution in [1.29, 1.82) is 0 Å². The van der Waals surface area contributed by atoms with Gasteiger partial charge in [-0.25, -0.2) is 13.2 Å². The Morgan fingerprint density at radius 1 is 1.00 bits per heavy atom. The number of ketones is 1. The lowest BCUT2D eigenvalue weighted by molar-refractivity contribution is -0.204. The first-order chi connectivity index (χ1) is 14.0. The zero-order valence-corrected chi connectivity index (χ0v) is 16.7. The van der Waals surface area contributed by atoms with Crippen LogP contribution in [0.3, 0.4) is 0 Å². The van der Waals surface area contributed by atoms with E-state index in [0.29, 0.717) is 6.92 Å². The first-order valence-electron chi connectivity index (χ1n) is 9.02. The van der Waals surface area contributed by atoms with Crippen LogP contribution in [0.1, 0.15) is 6.92 Å². The van der Waals surface area contributed by atoms with Crippen molar-refractivity contribution in [2.75, 3.05) is 26.2 Å². The molecule has 1 heterocycles. The minimum atomic E-state index is -5.01. The van der Waals surface area contributed by atoms with Gasteiger partial charge >= 0.3 is 12.3 Å². The molecule has 1 aliphatic heterocycles. The maximum atomic E-state index is 12.9. The van der Waals surface area contributed by atoms with Crippen LogP contribution in [0.15, 0.2) is 47.4 Å². The second kappa shape index (κ2) is 8.23. The molecule has 30 heavy (non-hydrogen) atoms. The number of hydrogen-bond acceptors (Lipinski definition) is 5. The summed E-state index contributed by atoms with van der Waals surface area (Å²) in [5.74, 6) is -1.34. The molecule has 7 nitrogen and oxygen atoms in total. The van der Waals surface area contributed by atoms with E-state index in [-0.39, 0.29) is 31.1 Å². The topological polar surface area (TPSA) is 84.0 Å². The maximum absolute atomic E-state index is 12.9. The second-order valence-corrected chi connectivity index (χ2v) is 8.75. The number of benzene rings is 2. The number of Topliss-reactive ketones (excluding diaryl/α,β-unsaturated/α-hetero) is 1. The van der Waals surface area contributed by atoms with E-state index < -0.39 is 34.2 Å². The predicted octanol–water partition coefficient (Wildman–Crippen LogP) is 2.80. The molecule has 3 rings (SSSR count). The molecule has 162 valence electrons. The lowest BCUT2D eigenvalue weighted by atomic mass is 10.1. The van der Waals surface area contributed by atoms with E-state index >= 15 is 0 Å². The average molecular weight is 444 g/mol. The molecule has 0 saturated carbocycles. The molecule has 0 aromatic heterocycles. The highest BCUT2D eigenvalue weighted by atomic mass is 32.2. The van der Waals surface area contributed by atoms with Crippen LogP contribution in [-0.2, 0) is 19.6 Å². The molecular formula is C19H19F3N2O5S. The average Bonchev–Trinajstić information content (AvgIpc) is 2.70. The molecule has 1 saturated heterocycles. The molecule has 0 bridgehead atoms. The summed E-state index contributed by atoms with van der Waals surface area (Å²) in [7, 11) is -3.84. The standard InChI is InChI=1S/C19H19F3N2O5S/c1-13(25)17(19(20,21)22)29-18(26)23-8-10-24(11-9-23)30(27,28)16-7-6-14-4-2-3-5-15(14)12-16/h2-7,12,17H,8-11H2,1H3. The Labute approximate surface area is 171 Å². The summed E-state index contributed by atoms with van der Waals surface area (Å²) >= 11 is 0. The fourth-order valence-electron chi connectivity index (χ4n) is 3.14. The largest absolute Gasteiger partial charge is 0.432 e. The van der Waals surface area contributed by atoms with Gasteiger partial charge in [0.25, 0.3) is 6.10 Å². The van der Waals surface area contributed by atoms with Crippen LogP contribution in [0.4, 0.5) is 18.0 Å². The van der Waals surface area contributed by atoms with Gasteiger partial charge in [0.15, 0.2) is 5.78 Å². The summed E-state index contributed by atoms with van der Waals surface area (Å²) in [6, 6.07) is 12.0. The van der Waals surface area contributed by atoms with Crippen molar-refractivity contribution < 1.29 is 35.9 Å². The zero-order valence-electron chi connectivity index (χ0n) is 15.9. The summed E-state index contributed by atoms with van der Waals surface area (Å²) in [5, 5.41) is 1.64. The molecule has 2 aromatic carbocycles. The van der Waals surface area contributed by atoms with Crippen LogP contribution in [0, 0.1) is 0 Å². The molecule has 1 aliphatic rings. The van der Waals surface area contributed by atoms with Gasteiger partial charge in [-0.2, -0.15) is 17.5 Å². The lowest BCUT2D eigenvalue weighted by Gasteiger charge is -2.34. The Morgan fingerprint density at radius 2 is 1.60 bits per heavy atom. The number of alkyl halides is 3. The van der Waals surface area contributed by atoms with Gasteiger partial charge in [0.05, 0.1) is 4.90 Å². The first kappa shape index (κ1) is 22.0. The summed E-state index contributed by atoms with van der Waals surface area (Å²) < 4.78 is 69.7. The molecule has 0 radical (unpaired) electrons. The number of sulfonamides is 1. The predicted molar refractivity (Wildman–Crippen MR) is 101 cm³/mol. The van der Waals surface area contributed by atoms with E-state index in [1.54, 1.807) is 24.3 Å². The number of halogens is 3. The Morgan fingerprint density at radius 3 is 2.17 bits per heavy atom. The first-order valence-corrected chi connectivity index (χ1v) is 10.5. The van der Waals surface area contributed by atoms with E-state index in [1.807, 2.05) is 12.1 Å². The molecule has 2 aromatic rings. The number of carbonyl (C=O) groups excluding carboxylic acids is 2. The number of nitrogens with zero attached hydrogens (tertiary/aromatic N) is 2. The molecular weight excluding hydrogens is 425 g/mol. The van der Waals surface area contributed by atoms with E-state index in [4.69, 9.17) is 0 Å². The number of amides is 1. The molecule has 11 heteroatoms. The normalized spacial score (nSPS) is 17.0. The van der Waals surface area contributed by atoms with E-state index in [0.717, 1.165) is 20.0 Å². The van der Waals surface area contributed by atoms with E-state index in [2.05, 4.69) is 4.74 Å². The van der Waals surface area contributed by atoms with Crippen LogP contribution < -0.4 is 0 Å². The smallest absolute Gasteiger partial charge is 0.428 e. The third-order valence-corrected chi connectivity index (χ3v) is 6.64. The van der Waals surface area contributed by atoms with E-state index in [1.165, 1.54) is 6.07 Å². The summed E-state index contributed by atoms with van der Waals surface area (Å²) in [6.07, 6.45) is -9.16. The number of hydrogen-bond donors (Lipinski definition) is 0. The Bertz CT molecular complexity index is 1060. The van der Waals surface area contributed by atoms with Crippen LogP contribution in [-0.4, -0.2) is 68.0 Å². The maximum Gasteiger partial charge on any atom is 0.432 e. The van der Waals surface area contributed by atoms with Crippen molar-refractivity contribution >= 4 is 32.7 Å². The molecule has 0 N–H and O–H groups in total. The van der Waals surface area contributed by atoms with E-state index in [9.17, 15) is 31.2 Å². The van der Waals surface area contributed by atoms with Gasteiger partial charge in [-0.1, -0.05) is 30.3 Å². The molecule has 1 atom stereocenters. The Balaban J connectivity index is 1.68. The second-order valence-electron chi connectivity index (χ2n) is 6.82. The number of ether oxygens (including phenoxy) is 1. The van der Waals surface area contributed by atoms with Gasteiger partial charge in [0.2, 0.25) is 10.0 Å². The van der Waals surface area contributed by atoms with Crippen molar-refractivity contribution in [3.8, 4) is 0 Å². The fraction of sp³-hybridized carbons (Fsp3) is 0.368. The quantitative estimate of drug-likeness (QED) is 0.724. The molecule has 1 fully saturated rings. The van der Waals surface area contributed by atoms with Crippen molar-refractivity contribution in [1.82, 2.24) is 9.21 Å². The highest BCUT2D eigenvalue weighted by molar-refractivity contribution is 7.89. The van der Waals surface area contributed by atoms with Gasteiger partial charge < -0.3 is 9.64 Å². The third kappa shape index (κ3) is 4.57. The van der Waals surface area contributed by atoms with Crippen molar-refractivity contribution in [2.45, 2.75) is 24.1 Å². The van der Waals surface area contributed by atoms with Crippen molar-refractivity contribution in [2.24, 2.45) is 0 Å². The summed E-state index contributed by atoms with van der Waals surface area (Å²) in [5.41, 5.74) is 0. The molecule has 1 amide bonds. The Kier molecular flexibility index (Phi) is 6.04. The van der Waals surface area contributed by atoms with Gasteiger partial charge in [0.1, 0.15) is 0 Å². The van der Waals surface area contributed by atoms with Crippen LogP contribution >= 0.6 is 0 Å². The summed E-state index contributed by atoms with van der Waals surface area (Å²) in [4.78, 5) is 24.2. The molecule has 0 spiro atoms. The van der Waals surface area contributed by atoms with Crippen molar-refractivity contribution in [3.63, 3.8) is 0 Å². The third-order valence-electron chi connectivity index (χ3n) is 4.74. The highest BCUT2D eigenvalue weighted by Crippen LogP contribution is 2.26. The number of piperazine rings is 1.